The molecule has 0 aromatic heterocycles. The van der Waals surface area contributed by atoms with Gasteiger partial charge < -0.3 is 15.4 Å². The highest BCUT2D eigenvalue weighted by Crippen LogP contribution is 2.17. The second-order valence-electron chi connectivity index (χ2n) is 7.00. The van der Waals surface area contributed by atoms with E-state index in [1.54, 1.807) is 38.1 Å². The molecule has 0 aliphatic heterocycles. The van der Waals surface area contributed by atoms with Crippen molar-refractivity contribution in [3.8, 4) is 5.75 Å². The van der Waals surface area contributed by atoms with Crippen LogP contribution in [0, 0.1) is 13.8 Å². The molecule has 158 valence electrons. The zero-order valence-electron chi connectivity index (χ0n) is 17.5. The van der Waals surface area contributed by atoms with Crippen LogP contribution in [0.3, 0.4) is 0 Å². The monoisotopic (exact) mass is 410 g/mol. The number of nitrogens with one attached hydrogen (secondary N) is 3. The van der Waals surface area contributed by atoms with Gasteiger partial charge in [0.05, 0.1) is 6.21 Å². The van der Waals surface area contributed by atoms with E-state index in [1.165, 1.54) is 6.21 Å². The summed E-state index contributed by atoms with van der Waals surface area (Å²) in [6, 6.07) is 12.4. The van der Waals surface area contributed by atoms with Gasteiger partial charge in [0.1, 0.15) is 5.75 Å². The standard InChI is InChI=1S/C22H26N4O4/c1-14(2)24-21(28)22(29)26-23-12-17-7-5-6-8-19(17)30-13-20(27)25-18-10-9-15(3)16(4)11-18/h5-12,14H,13H2,1-4H3,(H,24,28)(H,25,27)(H,26,29)/b23-12-. The minimum absolute atomic E-state index is 0.156. The normalized spacial score (nSPS) is 10.7. The number of anilines is 1. The molecule has 8 nitrogen and oxygen atoms in total. The molecular formula is C22H26N4O4. The third-order valence-electron chi connectivity index (χ3n) is 4.06. The number of ether oxygens (including phenoxy) is 1. The Bertz CT molecular complexity index is 954. The molecule has 0 aliphatic rings. The van der Waals surface area contributed by atoms with Gasteiger partial charge in [-0.15, -0.1) is 0 Å². The first-order valence-electron chi connectivity index (χ1n) is 9.49. The number of hydrazone groups is 1. The Hall–Kier alpha value is -3.68. The van der Waals surface area contributed by atoms with E-state index in [1.807, 2.05) is 32.0 Å². The predicted molar refractivity (Wildman–Crippen MR) is 115 cm³/mol. The molecule has 2 rings (SSSR count). The third kappa shape index (κ3) is 7.05. The number of aryl methyl sites for hydroxylation is 2. The maximum absolute atomic E-state index is 12.2. The van der Waals surface area contributed by atoms with Gasteiger partial charge in [0, 0.05) is 17.3 Å². The lowest BCUT2D eigenvalue weighted by Crippen LogP contribution is -2.41. The summed E-state index contributed by atoms with van der Waals surface area (Å²) in [6.45, 7) is 7.28. The molecular weight excluding hydrogens is 384 g/mol. The quantitative estimate of drug-likeness (QED) is 0.370. The number of para-hydroxylation sites is 1. The Labute approximate surface area is 175 Å². The Kier molecular flexibility index (Phi) is 8.10. The highest BCUT2D eigenvalue weighted by atomic mass is 16.5. The van der Waals surface area contributed by atoms with Crippen LogP contribution in [0.1, 0.15) is 30.5 Å². The molecule has 2 aromatic rings. The van der Waals surface area contributed by atoms with Gasteiger partial charge in [-0.3, -0.25) is 14.4 Å². The fraction of sp³-hybridized carbons (Fsp3) is 0.273. The van der Waals surface area contributed by atoms with Crippen molar-refractivity contribution in [3.05, 3.63) is 59.2 Å². The average Bonchev–Trinajstić information content (AvgIpc) is 2.69. The van der Waals surface area contributed by atoms with Crippen LogP contribution >= 0.6 is 0 Å². The van der Waals surface area contributed by atoms with Crippen LogP contribution in [-0.2, 0) is 14.4 Å². The van der Waals surface area contributed by atoms with Crippen molar-refractivity contribution >= 4 is 29.6 Å². The fourth-order valence-electron chi connectivity index (χ4n) is 2.42. The van der Waals surface area contributed by atoms with Gasteiger partial charge >= 0.3 is 11.8 Å². The van der Waals surface area contributed by atoms with Gasteiger partial charge in [0.2, 0.25) is 0 Å². The molecule has 0 heterocycles. The van der Waals surface area contributed by atoms with E-state index in [9.17, 15) is 14.4 Å². The lowest BCUT2D eigenvalue weighted by molar-refractivity contribution is -0.139. The molecule has 2 aromatic carbocycles. The Morgan fingerprint density at radius 3 is 2.47 bits per heavy atom. The highest BCUT2D eigenvalue weighted by molar-refractivity contribution is 6.35. The van der Waals surface area contributed by atoms with Crippen molar-refractivity contribution in [2.24, 2.45) is 5.10 Å². The van der Waals surface area contributed by atoms with Crippen LogP contribution in [0.4, 0.5) is 5.69 Å². The zero-order valence-corrected chi connectivity index (χ0v) is 17.5. The Morgan fingerprint density at radius 1 is 1.03 bits per heavy atom. The SMILES string of the molecule is Cc1ccc(NC(=O)COc2ccccc2/C=N\NC(=O)C(=O)NC(C)C)cc1C. The van der Waals surface area contributed by atoms with E-state index in [0.717, 1.165) is 11.1 Å². The fourth-order valence-corrected chi connectivity index (χ4v) is 2.42. The maximum atomic E-state index is 12.2. The topological polar surface area (TPSA) is 109 Å². The first kappa shape index (κ1) is 22.6. The Morgan fingerprint density at radius 2 is 1.77 bits per heavy atom. The lowest BCUT2D eigenvalue weighted by atomic mass is 10.1. The Balaban J connectivity index is 1.93. The van der Waals surface area contributed by atoms with Crippen LogP contribution in [0.2, 0.25) is 0 Å². The number of benzene rings is 2. The van der Waals surface area contributed by atoms with Crippen molar-refractivity contribution in [2.45, 2.75) is 33.7 Å². The largest absolute Gasteiger partial charge is 0.483 e. The van der Waals surface area contributed by atoms with E-state index in [0.29, 0.717) is 17.0 Å². The van der Waals surface area contributed by atoms with Crippen molar-refractivity contribution in [1.29, 1.82) is 0 Å². The van der Waals surface area contributed by atoms with E-state index in [4.69, 9.17) is 4.74 Å². The van der Waals surface area contributed by atoms with E-state index in [-0.39, 0.29) is 18.6 Å². The van der Waals surface area contributed by atoms with Crippen molar-refractivity contribution < 1.29 is 19.1 Å². The molecule has 3 N–H and O–H groups in total. The third-order valence-corrected chi connectivity index (χ3v) is 4.06. The number of nitrogens with zero attached hydrogens (tertiary/aromatic N) is 1. The maximum Gasteiger partial charge on any atom is 0.329 e. The molecule has 0 fully saturated rings. The van der Waals surface area contributed by atoms with Crippen LogP contribution < -0.4 is 20.8 Å². The zero-order chi connectivity index (χ0) is 22.1. The molecule has 3 amide bonds. The summed E-state index contributed by atoms with van der Waals surface area (Å²) in [6.07, 6.45) is 1.34. The molecule has 0 radical (unpaired) electrons. The second kappa shape index (κ2) is 10.8. The molecule has 0 spiro atoms. The number of carbonyl (C=O) groups excluding carboxylic acids is 3. The highest BCUT2D eigenvalue weighted by Gasteiger charge is 2.13. The van der Waals surface area contributed by atoms with Crippen molar-refractivity contribution in [2.75, 3.05) is 11.9 Å². The number of hydrogen-bond donors (Lipinski definition) is 3. The molecule has 0 unspecified atom stereocenters. The second-order valence-corrected chi connectivity index (χ2v) is 7.00. The smallest absolute Gasteiger partial charge is 0.329 e. The van der Waals surface area contributed by atoms with E-state index in [2.05, 4.69) is 21.2 Å². The van der Waals surface area contributed by atoms with Gasteiger partial charge in [-0.2, -0.15) is 5.10 Å². The summed E-state index contributed by atoms with van der Waals surface area (Å²) < 4.78 is 5.59. The molecule has 0 atom stereocenters. The van der Waals surface area contributed by atoms with Crippen LogP contribution in [-0.4, -0.2) is 36.6 Å². The van der Waals surface area contributed by atoms with Gasteiger partial charge in [-0.05, 0) is 63.1 Å². The van der Waals surface area contributed by atoms with Gasteiger partial charge in [-0.25, -0.2) is 5.43 Å². The first-order chi connectivity index (χ1) is 14.3. The number of amides is 3. The van der Waals surface area contributed by atoms with Crippen molar-refractivity contribution in [3.63, 3.8) is 0 Å². The molecule has 0 saturated heterocycles. The summed E-state index contributed by atoms with van der Waals surface area (Å²) in [5.41, 5.74) is 5.62. The van der Waals surface area contributed by atoms with Gasteiger partial charge in [0.25, 0.3) is 5.91 Å². The van der Waals surface area contributed by atoms with E-state index >= 15 is 0 Å². The summed E-state index contributed by atoms with van der Waals surface area (Å²) in [5, 5.41) is 9.03. The number of rotatable bonds is 7. The molecule has 0 saturated carbocycles. The molecule has 30 heavy (non-hydrogen) atoms. The minimum atomic E-state index is -0.869. The molecule has 0 aliphatic carbocycles. The summed E-state index contributed by atoms with van der Waals surface area (Å²) >= 11 is 0. The average molecular weight is 410 g/mol. The van der Waals surface area contributed by atoms with Gasteiger partial charge in [0.15, 0.2) is 6.61 Å². The summed E-state index contributed by atoms with van der Waals surface area (Å²) in [5.74, 6) is -1.53. The predicted octanol–water partition coefficient (Wildman–Crippen LogP) is 2.30. The summed E-state index contributed by atoms with van der Waals surface area (Å²) in [7, 11) is 0. The van der Waals surface area contributed by atoms with Crippen LogP contribution in [0.5, 0.6) is 5.75 Å². The van der Waals surface area contributed by atoms with Crippen LogP contribution in [0.15, 0.2) is 47.6 Å². The number of carbonyl (C=O) groups is 3. The number of hydrogen-bond acceptors (Lipinski definition) is 5. The lowest BCUT2D eigenvalue weighted by Gasteiger charge is -2.10. The first-order valence-corrected chi connectivity index (χ1v) is 9.49. The summed E-state index contributed by atoms with van der Waals surface area (Å²) in [4.78, 5) is 35.4. The van der Waals surface area contributed by atoms with Crippen LogP contribution in [0.25, 0.3) is 0 Å². The van der Waals surface area contributed by atoms with Gasteiger partial charge in [-0.1, -0.05) is 18.2 Å². The molecule has 8 heteroatoms. The van der Waals surface area contributed by atoms with Crippen molar-refractivity contribution in [1.82, 2.24) is 10.7 Å². The van der Waals surface area contributed by atoms with E-state index < -0.39 is 11.8 Å². The minimum Gasteiger partial charge on any atom is -0.483 e. The molecule has 0 bridgehead atoms.